The minimum Gasteiger partial charge on any atom is -0.393 e. The molecule has 1 heterocycles. The van der Waals surface area contributed by atoms with Gasteiger partial charge < -0.3 is 10.4 Å². The SMILES string of the molecule is Cc1nn(C)c(NCC2CCC(O)CC2)c1[N+](=O)[O-]. The Hall–Kier alpha value is -1.63. The second-order valence-corrected chi connectivity index (χ2v) is 5.22. The van der Waals surface area contributed by atoms with Crippen molar-refractivity contribution in [2.24, 2.45) is 13.0 Å². The second kappa shape index (κ2) is 5.56. The Morgan fingerprint density at radius 3 is 2.68 bits per heavy atom. The molecule has 7 heteroatoms. The van der Waals surface area contributed by atoms with Crippen LogP contribution in [0.15, 0.2) is 0 Å². The normalized spacial score (nSPS) is 23.3. The number of rotatable bonds is 4. The van der Waals surface area contributed by atoms with Crippen molar-refractivity contribution >= 4 is 11.5 Å². The number of hydrogen-bond acceptors (Lipinski definition) is 5. The average molecular weight is 268 g/mol. The first kappa shape index (κ1) is 13.8. The largest absolute Gasteiger partial charge is 0.393 e. The Balaban J connectivity index is 2.01. The molecule has 2 rings (SSSR count). The van der Waals surface area contributed by atoms with Gasteiger partial charge in [-0.25, -0.2) is 4.68 Å². The van der Waals surface area contributed by atoms with E-state index in [-0.39, 0.29) is 11.8 Å². The second-order valence-electron chi connectivity index (χ2n) is 5.22. The monoisotopic (exact) mass is 268 g/mol. The molecule has 0 spiro atoms. The minimum atomic E-state index is -0.394. The van der Waals surface area contributed by atoms with Crippen LogP contribution in [0.5, 0.6) is 0 Å². The van der Waals surface area contributed by atoms with Crippen LogP contribution in [0.2, 0.25) is 0 Å². The fraction of sp³-hybridized carbons (Fsp3) is 0.750. The van der Waals surface area contributed by atoms with Crippen molar-refractivity contribution in [1.82, 2.24) is 9.78 Å². The molecule has 0 aromatic carbocycles. The quantitative estimate of drug-likeness (QED) is 0.639. The summed E-state index contributed by atoms with van der Waals surface area (Å²) in [4.78, 5) is 10.6. The molecule has 0 saturated heterocycles. The third-order valence-corrected chi connectivity index (χ3v) is 3.75. The number of aromatic nitrogens is 2. The van der Waals surface area contributed by atoms with E-state index in [0.717, 1.165) is 25.7 Å². The molecule has 1 aromatic rings. The van der Waals surface area contributed by atoms with Gasteiger partial charge in [0.2, 0.25) is 5.82 Å². The zero-order valence-electron chi connectivity index (χ0n) is 11.3. The topological polar surface area (TPSA) is 93.2 Å². The molecule has 1 fully saturated rings. The maximum Gasteiger partial charge on any atom is 0.333 e. The van der Waals surface area contributed by atoms with Gasteiger partial charge in [-0.1, -0.05) is 0 Å². The van der Waals surface area contributed by atoms with Crippen LogP contribution in [0.25, 0.3) is 0 Å². The lowest BCUT2D eigenvalue weighted by Gasteiger charge is -2.25. The highest BCUT2D eigenvalue weighted by Crippen LogP contribution is 2.29. The highest BCUT2D eigenvalue weighted by Gasteiger charge is 2.25. The average Bonchev–Trinajstić information content (AvgIpc) is 2.63. The van der Waals surface area contributed by atoms with Crippen LogP contribution >= 0.6 is 0 Å². The molecule has 0 atom stereocenters. The van der Waals surface area contributed by atoms with Gasteiger partial charge in [0, 0.05) is 13.6 Å². The van der Waals surface area contributed by atoms with E-state index in [1.54, 1.807) is 14.0 Å². The Labute approximate surface area is 111 Å². The molecule has 0 aliphatic heterocycles. The predicted octanol–water partition coefficient (Wildman–Crippen LogP) is 1.60. The number of aliphatic hydroxyl groups excluding tert-OH is 1. The van der Waals surface area contributed by atoms with Crippen molar-refractivity contribution in [2.75, 3.05) is 11.9 Å². The molecular weight excluding hydrogens is 248 g/mol. The molecule has 0 unspecified atom stereocenters. The van der Waals surface area contributed by atoms with E-state index in [9.17, 15) is 15.2 Å². The van der Waals surface area contributed by atoms with Gasteiger partial charge in [0.25, 0.3) is 0 Å². The number of hydrogen-bond donors (Lipinski definition) is 2. The Morgan fingerprint density at radius 1 is 1.47 bits per heavy atom. The van der Waals surface area contributed by atoms with Crippen LogP contribution < -0.4 is 5.32 Å². The maximum absolute atomic E-state index is 11.0. The summed E-state index contributed by atoms with van der Waals surface area (Å²) in [6.07, 6.45) is 3.37. The van der Waals surface area contributed by atoms with E-state index in [0.29, 0.717) is 24.0 Å². The molecule has 106 valence electrons. The van der Waals surface area contributed by atoms with E-state index in [1.165, 1.54) is 4.68 Å². The number of nitro groups is 1. The van der Waals surface area contributed by atoms with Crippen LogP contribution in [0.4, 0.5) is 11.5 Å². The Bertz CT molecular complexity index is 464. The third kappa shape index (κ3) is 3.04. The van der Waals surface area contributed by atoms with Crippen LogP contribution in [0.1, 0.15) is 31.4 Å². The number of aliphatic hydroxyl groups is 1. The predicted molar refractivity (Wildman–Crippen MR) is 71.1 cm³/mol. The minimum absolute atomic E-state index is 0.0540. The summed E-state index contributed by atoms with van der Waals surface area (Å²) in [5.41, 5.74) is 0.479. The Morgan fingerprint density at radius 2 is 2.11 bits per heavy atom. The van der Waals surface area contributed by atoms with E-state index in [2.05, 4.69) is 10.4 Å². The Kier molecular flexibility index (Phi) is 4.04. The molecule has 1 aromatic heterocycles. The molecule has 1 saturated carbocycles. The molecule has 0 bridgehead atoms. The lowest BCUT2D eigenvalue weighted by molar-refractivity contribution is -0.384. The van der Waals surface area contributed by atoms with Gasteiger partial charge in [-0.2, -0.15) is 5.10 Å². The number of nitrogens with one attached hydrogen (secondary N) is 1. The van der Waals surface area contributed by atoms with Crippen molar-refractivity contribution in [3.05, 3.63) is 15.8 Å². The molecule has 0 amide bonds. The van der Waals surface area contributed by atoms with E-state index in [1.807, 2.05) is 0 Å². The molecule has 1 aliphatic rings. The van der Waals surface area contributed by atoms with Crippen LogP contribution in [-0.4, -0.2) is 32.5 Å². The zero-order chi connectivity index (χ0) is 14.0. The molecule has 2 N–H and O–H groups in total. The fourth-order valence-electron chi connectivity index (χ4n) is 2.65. The van der Waals surface area contributed by atoms with E-state index < -0.39 is 4.92 Å². The highest BCUT2D eigenvalue weighted by molar-refractivity contribution is 5.59. The van der Waals surface area contributed by atoms with Gasteiger partial charge in [-0.15, -0.1) is 0 Å². The van der Waals surface area contributed by atoms with Gasteiger partial charge in [0.05, 0.1) is 11.0 Å². The number of nitrogens with zero attached hydrogens (tertiary/aromatic N) is 3. The summed E-state index contributed by atoms with van der Waals surface area (Å²) in [6, 6.07) is 0. The molecule has 0 radical (unpaired) electrons. The summed E-state index contributed by atoms with van der Waals surface area (Å²) in [5, 5.41) is 27.7. The molecule has 19 heavy (non-hydrogen) atoms. The molecular formula is C12H20N4O3. The smallest absolute Gasteiger partial charge is 0.333 e. The van der Waals surface area contributed by atoms with Crippen molar-refractivity contribution in [3.63, 3.8) is 0 Å². The third-order valence-electron chi connectivity index (χ3n) is 3.75. The van der Waals surface area contributed by atoms with Gasteiger partial charge in [0.1, 0.15) is 5.69 Å². The summed E-state index contributed by atoms with van der Waals surface area (Å²) < 4.78 is 1.52. The summed E-state index contributed by atoms with van der Waals surface area (Å²) in [6.45, 7) is 2.33. The number of anilines is 1. The van der Waals surface area contributed by atoms with Gasteiger partial charge in [0.15, 0.2) is 0 Å². The summed E-state index contributed by atoms with van der Waals surface area (Å²) >= 11 is 0. The van der Waals surface area contributed by atoms with Crippen molar-refractivity contribution in [2.45, 2.75) is 38.7 Å². The van der Waals surface area contributed by atoms with Gasteiger partial charge in [-0.05, 0) is 38.5 Å². The standard InChI is InChI=1S/C12H20N4O3/c1-8-11(16(18)19)12(15(2)14-8)13-7-9-3-5-10(17)6-4-9/h9-10,13,17H,3-7H2,1-2H3. The van der Waals surface area contributed by atoms with Gasteiger partial charge in [-0.3, -0.25) is 10.1 Å². The van der Waals surface area contributed by atoms with Gasteiger partial charge >= 0.3 is 5.69 Å². The lowest BCUT2D eigenvalue weighted by Crippen LogP contribution is -2.24. The van der Waals surface area contributed by atoms with Crippen LogP contribution in [-0.2, 0) is 7.05 Å². The lowest BCUT2D eigenvalue weighted by atomic mass is 9.87. The van der Waals surface area contributed by atoms with Crippen LogP contribution in [0, 0.1) is 23.0 Å². The van der Waals surface area contributed by atoms with Crippen molar-refractivity contribution in [1.29, 1.82) is 0 Å². The fourth-order valence-corrected chi connectivity index (χ4v) is 2.65. The zero-order valence-corrected chi connectivity index (χ0v) is 11.3. The summed E-state index contributed by atoms with van der Waals surface area (Å²) in [7, 11) is 1.70. The first-order valence-corrected chi connectivity index (χ1v) is 6.59. The van der Waals surface area contributed by atoms with E-state index in [4.69, 9.17) is 0 Å². The van der Waals surface area contributed by atoms with Crippen LogP contribution in [0.3, 0.4) is 0 Å². The highest BCUT2D eigenvalue weighted by atomic mass is 16.6. The first-order valence-electron chi connectivity index (χ1n) is 6.59. The van der Waals surface area contributed by atoms with Crippen molar-refractivity contribution in [3.8, 4) is 0 Å². The van der Waals surface area contributed by atoms with E-state index >= 15 is 0 Å². The number of aryl methyl sites for hydroxylation is 2. The first-order chi connectivity index (χ1) is 8.99. The van der Waals surface area contributed by atoms with Crippen molar-refractivity contribution < 1.29 is 10.0 Å². The molecule has 7 nitrogen and oxygen atoms in total. The maximum atomic E-state index is 11.0. The summed E-state index contributed by atoms with van der Waals surface area (Å²) in [5.74, 6) is 0.923. The molecule has 1 aliphatic carbocycles.